The maximum absolute atomic E-state index is 5.31. The molecule has 20 heavy (non-hydrogen) atoms. The van der Waals surface area contributed by atoms with Crippen LogP contribution in [0.4, 0.5) is 0 Å². The summed E-state index contributed by atoms with van der Waals surface area (Å²) in [4.78, 5) is 11.1. The maximum atomic E-state index is 5.31. The van der Waals surface area contributed by atoms with Crippen LogP contribution >= 0.6 is 0 Å². The summed E-state index contributed by atoms with van der Waals surface area (Å²) in [7, 11) is 0. The normalized spacial score (nSPS) is 11.0. The van der Waals surface area contributed by atoms with Gasteiger partial charge < -0.3 is 8.94 Å². The molecule has 0 fully saturated rings. The van der Waals surface area contributed by atoms with Gasteiger partial charge >= 0.3 is 6.01 Å². The lowest BCUT2D eigenvalue weighted by atomic mass is 10.4. The number of oxazole rings is 1. The van der Waals surface area contributed by atoms with Gasteiger partial charge in [0.15, 0.2) is 18.8 Å². The topological polar surface area (TPSA) is 102 Å². The molecule has 0 aliphatic carbocycles. The van der Waals surface area contributed by atoms with Gasteiger partial charge in [-0.15, -0.1) is 4.63 Å². The fourth-order valence-electron chi connectivity index (χ4n) is 1.68. The second kappa shape index (κ2) is 4.16. The van der Waals surface area contributed by atoms with Crippen molar-refractivity contribution in [2.24, 2.45) is 0 Å². The predicted octanol–water partition coefficient (Wildman–Crippen LogP) is 0.199. The Labute approximate surface area is 111 Å². The standard InChI is InChI=1S/C11H8N6O3/c1-2-16(19-3-1)11-14-9(6-18-11)8-5-17(20-15-8)10-4-12-7-13-10/h1-7H,(H,12,13)/q+2. The highest BCUT2D eigenvalue weighted by molar-refractivity contribution is 5.49. The van der Waals surface area contributed by atoms with Crippen LogP contribution in [0.5, 0.6) is 0 Å². The minimum atomic E-state index is 0.307. The van der Waals surface area contributed by atoms with Gasteiger partial charge in [0.2, 0.25) is 0 Å². The predicted molar refractivity (Wildman–Crippen MR) is 59.5 cm³/mol. The van der Waals surface area contributed by atoms with Crippen LogP contribution in [0.3, 0.4) is 0 Å². The van der Waals surface area contributed by atoms with Gasteiger partial charge in [-0.25, -0.2) is 4.98 Å². The zero-order valence-electron chi connectivity index (χ0n) is 10.0. The van der Waals surface area contributed by atoms with E-state index in [-0.39, 0.29) is 0 Å². The highest BCUT2D eigenvalue weighted by atomic mass is 16.6. The molecule has 0 aromatic carbocycles. The number of nitrogens with one attached hydrogen (secondary N) is 1. The van der Waals surface area contributed by atoms with Crippen LogP contribution in [0, 0.1) is 0 Å². The second-order valence-electron chi connectivity index (χ2n) is 3.87. The summed E-state index contributed by atoms with van der Waals surface area (Å²) < 4.78 is 18.4. The van der Waals surface area contributed by atoms with E-state index in [9.17, 15) is 0 Å². The van der Waals surface area contributed by atoms with Crippen molar-refractivity contribution in [1.82, 2.24) is 20.1 Å². The van der Waals surface area contributed by atoms with E-state index in [0.717, 1.165) is 0 Å². The van der Waals surface area contributed by atoms with Gasteiger partial charge in [0, 0.05) is 11.1 Å². The number of aromatic nitrogens is 6. The molecule has 0 atom stereocenters. The Morgan fingerprint density at radius 1 is 1.20 bits per heavy atom. The monoisotopic (exact) mass is 272 g/mol. The number of aromatic amines is 1. The lowest BCUT2D eigenvalue weighted by Gasteiger charge is -1.79. The van der Waals surface area contributed by atoms with Crippen LogP contribution in [-0.4, -0.2) is 20.1 Å². The first-order chi connectivity index (χ1) is 9.90. The van der Waals surface area contributed by atoms with Crippen molar-refractivity contribution in [1.29, 1.82) is 0 Å². The van der Waals surface area contributed by atoms with Crippen molar-refractivity contribution in [3.8, 4) is 23.2 Å². The first-order valence-electron chi connectivity index (χ1n) is 5.70. The van der Waals surface area contributed by atoms with Crippen molar-refractivity contribution in [3.05, 3.63) is 43.5 Å². The molecule has 9 heteroatoms. The molecule has 4 rings (SSSR count). The molecule has 4 aromatic heterocycles. The summed E-state index contributed by atoms with van der Waals surface area (Å²) in [5.74, 6) is 0.660. The zero-order valence-corrected chi connectivity index (χ0v) is 10.0. The summed E-state index contributed by atoms with van der Waals surface area (Å²) >= 11 is 0. The number of nitrogens with zero attached hydrogens (tertiary/aromatic N) is 5. The maximum Gasteiger partial charge on any atom is 0.544 e. The first-order valence-corrected chi connectivity index (χ1v) is 5.70. The van der Waals surface area contributed by atoms with Gasteiger partial charge in [-0.3, -0.25) is 4.98 Å². The highest BCUT2D eigenvalue weighted by Gasteiger charge is 2.26. The zero-order chi connectivity index (χ0) is 13.4. The molecule has 0 amide bonds. The van der Waals surface area contributed by atoms with Crippen molar-refractivity contribution in [3.63, 3.8) is 0 Å². The van der Waals surface area contributed by atoms with Gasteiger partial charge in [-0.2, -0.15) is 0 Å². The first kappa shape index (κ1) is 10.7. The molecular weight excluding hydrogens is 264 g/mol. The molecule has 4 aromatic rings. The quantitative estimate of drug-likeness (QED) is 0.534. The van der Waals surface area contributed by atoms with Gasteiger partial charge in [-0.05, 0) is 9.48 Å². The van der Waals surface area contributed by atoms with Gasteiger partial charge in [0.05, 0.1) is 5.16 Å². The Kier molecular flexibility index (Phi) is 2.22. The number of hydrogen-bond donors (Lipinski definition) is 1. The fraction of sp³-hybridized carbons (Fsp3) is 0. The lowest BCUT2D eigenvalue weighted by Crippen LogP contribution is -2.27. The molecule has 0 radical (unpaired) electrons. The summed E-state index contributed by atoms with van der Waals surface area (Å²) in [5, 5.41) is 3.91. The molecule has 0 spiro atoms. The lowest BCUT2D eigenvalue weighted by molar-refractivity contribution is -0.796. The highest BCUT2D eigenvalue weighted by Crippen LogP contribution is 2.14. The number of imidazole rings is 1. The third-order valence-corrected chi connectivity index (χ3v) is 2.61. The summed E-state index contributed by atoms with van der Waals surface area (Å²) in [6.45, 7) is 0. The Hall–Kier alpha value is -3.23. The Morgan fingerprint density at radius 3 is 3.00 bits per heavy atom. The SMILES string of the molecule is c1co[n+](-c2nc(-c3c[n+](-c4cnc[nH]4)on3)co2)c1. The van der Waals surface area contributed by atoms with Gasteiger partial charge in [0.1, 0.15) is 18.7 Å². The Balaban J connectivity index is 1.68. The van der Waals surface area contributed by atoms with Crippen molar-refractivity contribution < 1.29 is 23.0 Å². The van der Waals surface area contributed by atoms with Crippen LogP contribution in [0.1, 0.15) is 0 Å². The van der Waals surface area contributed by atoms with Crippen molar-refractivity contribution >= 4 is 0 Å². The molecule has 0 unspecified atom stereocenters. The molecule has 0 saturated heterocycles. The molecule has 4 heterocycles. The summed E-state index contributed by atoms with van der Waals surface area (Å²) in [5.41, 5.74) is 1.06. The molecule has 98 valence electrons. The molecule has 1 N–H and O–H groups in total. The summed E-state index contributed by atoms with van der Waals surface area (Å²) in [6, 6.07) is 2.03. The third-order valence-electron chi connectivity index (χ3n) is 2.61. The third kappa shape index (κ3) is 1.68. The average molecular weight is 272 g/mol. The van der Waals surface area contributed by atoms with Crippen LogP contribution < -0.4 is 9.48 Å². The minimum Gasteiger partial charge on any atom is -0.389 e. The van der Waals surface area contributed by atoms with Crippen molar-refractivity contribution in [2.45, 2.75) is 0 Å². The minimum absolute atomic E-state index is 0.307. The molecule has 0 bridgehead atoms. The van der Waals surface area contributed by atoms with Crippen LogP contribution in [0.25, 0.3) is 23.2 Å². The molecule has 0 aliphatic heterocycles. The number of hydrogen-bond acceptors (Lipinski definition) is 6. The Morgan fingerprint density at radius 2 is 2.20 bits per heavy atom. The van der Waals surface area contributed by atoms with Crippen LogP contribution in [0.15, 0.2) is 57.1 Å². The largest absolute Gasteiger partial charge is 0.544 e. The van der Waals surface area contributed by atoms with E-state index >= 15 is 0 Å². The van der Waals surface area contributed by atoms with E-state index in [2.05, 4.69) is 20.1 Å². The average Bonchev–Trinajstić information content (AvgIpc) is 3.22. The van der Waals surface area contributed by atoms with Gasteiger partial charge in [0.25, 0.3) is 17.2 Å². The van der Waals surface area contributed by atoms with Crippen LogP contribution in [-0.2, 0) is 0 Å². The molecule has 0 saturated carbocycles. The van der Waals surface area contributed by atoms with E-state index in [4.69, 9.17) is 13.6 Å². The molecule has 9 nitrogen and oxygen atoms in total. The van der Waals surface area contributed by atoms with E-state index in [1.807, 2.05) is 0 Å². The molecular formula is C11H8N6O3+2. The Bertz CT molecular complexity index is 744. The van der Waals surface area contributed by atoms with E-state index in [0.29, 0.717) is 23.2 Å². The van der Waals surface area contributed by atoms with Gasteiger partial charge in [-0.1, -0.05) is 0 Å². The van der Waals surface area contributed by atoms with Crippen molar-refractivity contribution in [2.75, 3.05) is 0 Å². The smallest absolute Gasteiger partial charge is 0.389 e. The number of H-pyrrole nitrogens is 1. The number of rotatable bonds is 3. The fourth-order valence-corrected chi connectivity index (χ4v) is 1.68. The molecule has 0 aliphatic rings. The van der Waals surface area contributed by atoms with E-state index in [1.54, 1.807) is 31.0 Å². The van der Waals surface area contributed by atoms with E-state index < -0.39 is 0 Å². The van der Waals surface area contributed by atoms with Crippen LogP contribution in [0.2, 0.25) is 0 Å². The van der Waals surface area contributed by atoms with E-state index in [1.165, 1.54) is 22.0 Å². The second-order valence-corrected chi connectivity index (χ2v) is 3.87. The summed E-state index contributed by atoms with van der Waals surface area (Å²) in [6.07, 6.45) is 9.51.